The second kappa shape index (κ2) is 2.11. The fourth-order valence-corrected chi connectivity index (χ4v) is 0. The van der Waals surface area contributed by atoms with Gasteiger partial charge in [0.1, 0.15) is 0 Å². The average molecular weight is 133 g/mol. The third-order valence-corrected chi connectivity index (χ3v) is 4.47. The van der Waals surface area contributed by atoms with Crippen molar-refractivity contribution in [2.24, 2.45) is 0 Å². The van der Waals surface area contributed by atoms with Crippen LogP contribution in [0, 0.1) is 0 Å². The van der Waals surface area contributed by atoms with Crippen LogP contribution >= 0.6 is 0 Å². The number of hydrogen-bond donors (Lipinski definition) is 0. The lowest BCUT2D eigenvalue weighted by atomic mass is 10.4. The van der Waals surface area contributed by atoms with E-state index in [1.54, 1.807) is 0 Å². The van der Waals surface area contributed by atoms with Gasteiger partial charge in [0.05, 0.1) is 10.4 Å². The van der Waals surface area contributed by atoms with Crippen molar-refractivity contribution < 1.29 is 0 Å². The summed E-state index contributed by atoms with van der Waals surface area (Å²) in [6.07, 6.45) is 0. The average Bonchev–Trinajstić information content (AvgIpc) is 1.31. The molecule has 0 amide bonds. The van der Waals surface area contributed by atoms with E-state index in [1.165, 1.54) is 20.6 Å². The van der Waals surface area contributed by atoms with Gasteiger partial charge in [0.25, 0.3) is 0 Å². The molecule has 3 heteroatoms. The molecule has 0 fully saturated rings. The highest BCUT2D eigenvalue weighted by molar-refractivity contribution is 6.19. The van der Waals surface area contributed by atoms with Crippen molar-refractivity contribution in [1.29, 1.82) is 0 Å². The van der Waals surface area contributed by atoms with Gasteiger partial charge < -0.3 is 4.57 Å². The molecule has 0 aliphatic heterocycles. The Labute approximate surface area is 52.0 Å². The van der Waals surface area contributed by atoms with E-state index in [2.05, 4.69) is 25.5 Å². The molecule has 7 heavy (non-hydrogen) atoms. The maximum atomic E-state index is 2.39. The minimum absolute atomic E-state index is 0.534. The Morgan fingerprint density at radius 2 is 1.57 bits per heavy atom. The Morgan fingerprint density at radius 3 is 1.57 bits per heavy atom. The first-order chi connectivity index (χ1) is 2.94. The van der Waals surface area contributed by atoms with Crippen LogP contribution in [-0.2, 0) is 0 Å². The molecule has 0 aromatic heterocycles. The van der Waals surface area contributed by atoms with Gasteiger partial charge in [-0.3, -0.25) is 0 Å². The first-order valence-electron chi connectivity index (χ1n) is 2.62. The number of rotatable bonds is 1. The fourth-order valence-electron chi connectivity index (χ4n) is 0. The van der Waals surface area contributed by atoms with E-state index in [0.29, 0.717) is 5.16 Å². The minimum Gasteiger partial charge on any atom is -0.334 e. The van der Waals surface area contributed by atoms with E-state index >= 15 is 0 Å². The minimum atomic E-state index is 0.534. The van der Waals surface area contributed by atoms with Gasteiger partial charge in [-0.2, -0.15) is 0 Å². The van der Waals surface area contributed by atoms with Gasteiger partial charge in [-0.1, -0.05) is 13.8 Å². The monoisotopic (exact) mass is 133 g/mol. The summed E-state index contributed by atoms with van der Waals surface area (Å²) in [5.41, 5.74) is 0. The Balaban J connectivity index is 3.54. The van der Waals surface area contributed by atoms with Crippen LogP contribution in [0.2, 0.25) is 0 Å². The zero-order valence-electron chi connectivity index (χ0n) is 5.95. The number of hydrogen-bond acceptors (Lipinski definition) is 1. The molecule has 0 N–H and O–H groups in total. The van der Waals surface area contributed by atoms with Crippen molar-refractivity contribution in [2.45, 2.75) is 19.0 Å². The van der Waals surface area contributed by atoms with E-state index in [-0.39, 0.29) is 0 Å². The summed E-state index contributed by atoms with van der Waals surface area (Å²) in [6.45, 7) is 4.57. The van der Waals surface area contributed by atoms with Crippen LogP contribution in [0.5, 0.6) is 0 Å². The second-order valence-corrected chi connectivity index (χ2v) is 6.85. The highest BCUT2D eigenvalue weighted by Gasteiger charge is 2.10. The summed E-state index contributed by atoms with van der Waals surface area (Å²) < 4.78 is 2.39. The van der Waals surface area contributed by atoms with Crippen molar-refractivity contribution in [3.63, 3.8) is 0 Å². The molecule has 0 aliphatic carbocycles. The third-order valence-electron chi connectivity index (χ3n) is 1.34. The first kappa shape index (κ1) is 7.39. The summed E-state index contributed by atoms with van der Waals surface area (Å²) >= 11 is 0. The molecule has 0 spiro atoms. The van der Waals surface area contributed by atoms with E-state index in [9.17, 15) is 0 Å². The molecule has 0 heterocycles. The van der Waals surface area contributed by atoms with Gasteiger partial charge >= 0.3 is 0 Å². The van der Waals surface area contributed by atoms with Crippen molar-refractivity contribution >= 4 is 20.6 Å². The molecule has 0 bridgehead atoms. The summed E-state index contributed by atoms with van der Waals surface area (Å²) in [6, 6.07) is 0. The largest absolute Gasteiger partial charge is 0.334 e. The fraction of sp³-hybridized carbons (Fsp3) is 1.00. The van der Waals surface area contributed by atoms with Gasteiger partial charge in [-0.15, -0.1) is 0 Å². The molecule has 0 aromatic rings. The second-order valence-electron chi connectivity index (χ2n) is 3.07. The van der Waals surface area contributed by atoms with Gasteiger partial charge in [0, 0.05) is 10.2 Å². The van der Waals surface area contributed by atoms with E-state index in [4.69, 9.17) is 0 Å². The summed E-state index contributed by atoms with van der Waals surface area (Å²) in [7, 11) is 4.65. The summed E-state index contributed by atoms with van der Waals surface area (Å²) in [5.74, 6) is 0. The Hall–Kier alpha value is 0.394. The lowest BCUT2D eigenvalue weighted by molar-refractivity contribution is 0.396. The van der Waals surface area contributed by atoms with E-state index in [1.807, 2.05) is 0 Å². The normalized spacial score (nSPS) is 13.7. The smallest absolute Gasteiger partial charge is 0.0783 e. The molecule has 0 saturated heterocycles. The molecular weight excluding hydrogens is 118 g/mol. The molecule has 1 nitrogen and oxygen atoms in total. The first-order valence-corrected chi connectivity index (χ1v) is 4.51. The maximum absolute atomic E-state index is 2.39. The van der Waals surface area contributed by atoms with Crippen LogP contribution < -0.4 is 0 Å². The van der Waals surface area contributed by atoms with Crippen molar-refractivity contribution in [1.82, 2.24) is 4.57 Å². The predicted molar refractivity (Wildman–Crippen MR) is 41.7 cm³/mol. The topological polar surface area (TPSA) is 3.24 Å². The third kappa shape index (κ3) is 3.02. The van der Waals surface area contributed by atoms with Crippen LogP contribution in [-0.4, -0.2) is 37.4 Å². The Bertz CT molecular complexity index is 55.2. The maximum Gasteiger partial charge on any atom is 0.0783 e. The molecule has 0 aliphatic rings. The summed E-state index contributed by atoms with van der Waals surface area (Å²) in [4.78, 5) is 0. The predicted octanol–water partition coefficient (Wildman–Crippen LogP) is -1.70. The molecule has 0 aromatic carbocycles. The zero-order chi connectivity index (χ0) is 6.08. The Kier molecular flexibility index (Phi) is 2.23. The molecule has 0 atom stereocenters. The zero-order valence-corrected chi connectivity index (χ0v) is 9.95. The highest BCUT2D eigenvalue weighted by Crippen LogP contribution is 2.00. The van der Waals surface area contributed by atoms with Crippen molar-refractivity contribution in [2.75, 3.05) is 7.05 Å². The van der Waals surface area contributed by atoms with Gasteiger partial charge in [0.15, 0.2) is 0 Å². The summed E-state index contributed by atoms with van der Waals surface area (Å²) in [5, 5.41) is 0.534. The van der Waals surface area contributed by atoms with Crippen molar-refractivity contribution in [3.05, 3.63) is 0 Å². The number of nitrogens with zero attached hydrogens (tertiary/aromatic N) is 1. The van der Waals surface area contributed by atoms with Crippen LogP contribution in [0.15, 0.2) is 0 Å². The van der Waals surface area contributed by atoms with Crippen LogP contribution in [0.25, 0.3) is 0 Å². The van der Waals surface area contributed by atoms with Gasteiger partial charge in [0.2, 0.25) is 0 Å². The molecule has 44 valence electrons. The molecule has 0 saturated carbocycles. The molecular formula is C4H15NSi2. The molecule has 0 rings (SSSR count). The van der Waals surface area contributed by atoms with Crippen LogP contribution in [0.3, 0.4) is 0 Å². The Morgan fingerprint density at radius 1 is 1.43 bits per heavy atom. The van der Waals surface area contributed by atoms with E-state index in [0.717, 1.165) is 0 Å². The lowest BCUT2D eigenvalue weighted by Gasteiger charge is -2.27. The van der Waals surface area contributed by atoms with Gasteiger partial charge in [-0.05, 0) is 12.2 Å². The quantitative estimate of drug-likeness (QED) is 0.386. The standard InChI is InChI=1S/C4H15NSi2/c1-4(2,6)5(3)7/h1-3,6-7H3. The molecule has 0 radical (unpaired) electrons. The van der Waals surface area contributed by atoms with Crippen LogP contribution in [0.1, 0.15) is 13.8 Å². The van der Waals surface area contributed by atoms with Crippen LogP contribution in [0.4, 0.5) is 0 Å². The highest BCUT2D eigenvalue weighted by atomic mass is 28.2. The SMILES string of the molecule is CN([SiH3])C(C)(C)[SiH3]. The van der Waals surface area contributed by atoms with Crippen molar-refractivity contribution in [3.8, 4) is 0 Å². The van der Waals surface area contributed by atoms with E-state index < -0.39 is 0 Å². The lowest BCUT2D eigenvalue weighted by Crippen LogP contribution is -2.39. The molecule has 0 unspecified atom stereocenters. The van der Waals surface area contributed by atoms with Gasteiger partial charge in [-0.25, -0.2) is 0 Å².